The predicted molar refractivity (Wildman–Crippen MR) is 95.8 cm³/mol. The molecule has 0 aromatic heterocycles. The number of aliphatic hydroxyl groups is 1. The molecule has 0 fully saturated rings. The molecule has 3 rings (SSSR count). The molecule has 1 N–H and O–H groups in total. The van der Waals surface area contributed by atoms with E-state index < -0.39 is 5.60 Å². The Labute approximate surface area is 139 Å². The van der Waals surface area contributed by atoms with Crippen LogP contribution in [0.2, 0.25) is 0 Å². The van der Waals surface area contributed by atoms with Crippen molar-refractivity contribution in [3.05, 3.63) is 65.2 Å². The van der Waals surface area contributed by atoms with Crippen LogP contribution in [0, 0.1) is 0 Å². The first kappa shape index (κ1) is 16.0. The molecule has 3 nitrogen and oxygen atoms in total. The lowest BCUT2D eigenvalue weighted by Crippen LogP contribution is -2.29. The van der Waals surface area contributed by atoms with E-state index in [-0.39, 0.29) is 0 Å². The highest BCUT2D eigenvalue weighted by molar-refractivity contribution is 5.61. The Morgan fingerprint density at radius 1 is 1.04 bits per heavy atom. The van der Waals surface area contributed by atoms with Gasteiger partial charge in [0.15, 0.2) is 0 Å². The fourth-order valence-electron chi connectivity index (χ4n) is 3.62. The summed E-state index contributed by atoms with van der Waals surface area (Å²) < 4.78 is 0. The molecule has 0 amide bonds. The van der Waals surface area contributed by atoms with Gasteiger partial charge in [0.05, 0.1) is 0 Å². The van der Waals surface area contributed by atoms with Crippen LogP contribution in [0.25, 0.3) is 0 Å². The second-order valence-corrected chi connectivity index (χ2v) is 6.80. The zero-order valence-electron chi connectivity index (χ0n) is 14.3. The molecular formula is C20H26N2O. The lowest BCUT2D eigenvalue weighted by molar-refractivity contribution is 0.0670. The summed E-state index contributed by atoms with van der Waals surface area (Å²) in [6.45, 7) is 1.80. The summed E-state index contributed by atoms with van der Waals surface area (Å²) in [6.07, 6.45) is 1.68. The first-order chi connectivity index (χ1) is 11.0. The number of hydrogen-bond acceptors (Lipinski definition) is 3. The van der Waals surface area contributed by atoms with E-state index in [1.807, 2.05) is 18.2 Å². The lowest BCUT2D eigenvalue weighted by Gasteiger charge is -2.31. The first-order valence-corrected chi connectivity index (χ1v) is 8.28. The van der Waals surface area contributed by atoms with E-state index in [2.05, 4.69) is 61.3 Å². The van der Waals surface area contributed by atoms with E-state index in [4.69, 9.17) is 0 Å². The van der Waals surface area contributed by atoms with Crippen molar-refractivity contribution in [2.24, 2.45) is 0 Å². The average molecular weight is 310 g/mol. The molecule has 1 heterocycles. The molecule has 0 radical (unpaired) electrons. The maximum atomic E-state index is 11.7. The van der Waals surface area contributed by atoms with Crippen LogP contribution in [0.5, 0.6) is 0 Å². The van der Waals surface area contributed by atoms with Gasteiger partial charge in [0.25, 0.3) is 0 Å². The van der Waals surface area contributed by atoms with Crippen molar-refractivity contribution < 1.29 is 5.11 Å². The number of para-hydroxylation sites is 1. The topological polar surface area (TPSA) is 26.7 Å². The number of benzene rings is 2. The SMILES string of the molecule is CN(C)CCCC1(O)c2ccccc2CN(C)c2ccccc21. The third-order valence-electron chi connectivity index (χ3n) is 4.78. The summed E-state index contributed by atoms with van der Waals surface area (Å²) >= 11 is 0. The van der Waals surface area contributed by atoms with Crippen molar-refractivity contribution in [1.29, 1.82) is 0 Å². The van der Waals surface area contributed by atoms with Crippen molar-refractivity contribution in [3.8, 4) is 0 Å². The third-order valence-corrected chi connectivity index (χ3v) is 4.78. The van der Waals surface area contributed by atoms with Crippen molar-refractivity contribution in [1.82, 2.24) is 4.90 Å². The maximum Gasteiger partial charge on any atom is 0.117 e. The summed E-state index contributed by atoms with van der Waals surface area (Å²) in [4.78, 5) is 4.40. The van der Waals surface area contributed by atoms with Gasteiger partial charge in [0, 0.05) is 24.8 Å². The Balaban J connectivity index is 2.10. The molecule has 1 unspecified atom stereocenters. The monoisotopic (exact) mass is 310 g/mol. The Kier molecular flexibility index (Phi) is 4.42. The molecule has 0 bridgehead atoms. The first-order valence-electron chi connectivity index (χ1n) is 8.28. The lowest BCUT2D eigenvalue weighted by atomic mass is 9.80. The molecular weight excluding hydrogens is 284 g/mol. The van der Waals surface area contributed by atoms with E-state index >= 15 is 0 Å². The highest BCUT2D eigenvalue weighted by atomic mass is 16.3. The zero-order valence-corrected chi connectivity index (χ0v) is 14.3. The van der Waals surface area contributed by atoms with Gasteiger partial charge in [-0.1, -0.05) is 42.5 Å². The summed E-state index contributed by atoms with van der Waals surface area (Å²) in [5.41, 5.74) is 3.48. The van der Waals surface area contributed by atoms with Crippen LogP contribution in [0.15, 0.2) is 48.5 Å². The number of anilines is 1. The van der Waals surface area contributed by atoms with E-state index in [9.17, 15) is 5.11 Å². The third kappa shape index (κ3) is 2.99. The second kappa shape index (κ2) is 6.34. The molecule has 1 aliphatic heterocycles. The van der Waals surface area contributed by atoms with Gasteiger partial charge in [0.1, 0.15) is 5.60 Å². The largest absolute Gasteiger partial charge is 0.380 e. The minimum Gasteiger partial charge on any atom is -0.380 e. The summed E-state index contributed by atoms with van der Waals surface area (Å²) in [5, 5.41) is 11.7. The Bertz CT molecular complexity index is 683. The van der Waals surface area contributed by atoms with Crippen LogP contribution in [0.4, 0.5) is 5.69 Å². The van der Waals surface area contributed by atoms with Crippen LogP contribution in [0.3, 0.4) is 0 Å². The fourth-order valence-corrected chi connectivity index (χ4v) is 3.62. The summed E-state index contributed by atoms with van der Waals surface area (Å²) in [5.74, 6) is 0. The van der Waals surface area contributed by atoms with Crippen LogP contribution in [0.1, 0.15) is 29.5 Å². The molecule has 122 valence electrons. The molecule has 1 atom stereocenters. The standard InChI is InChI=1S/C20H26N2O/c1-21(2)14-8-13-20(23)17-10-5-4-9-16(17)15-22(3)19-12-7-6-11-18(19)20/h4-7,9-12,23H,8,13-15H2,1-3H3. The van der Waals surface area contributed by atoms with Crippen LogP contribution < -0.4 is 4.90 Å². The van der Waals surface area contributed by atoms with Gasteiger partial charge in [-0.15, -0.1) is 0 Å². The number of rotatable bonds is 4. The van der Waals surface area contributed by atoms with Gasteiger partial charge in [-0.25, -0.2) is 0 Å². The number of fused-ring (bicyclic) bond motifs is 2. The highest BCUT2D eigenvalue weighted by Gasteiger charge is 2.37. The normalized spacial score (nSPS) is 20.1. The van der Waals surface area contributed by atoms with Crippen LogP contribution >= 0.6 is 0 Å². The smallest absolute Gasteiger partial charge is 0.117 e. The molecule has 23 heavy (non-hydrogen) atoms. The van der Waals surface area contributed by atoms with Gasteiger partial charge >= 0.3 is 0 Å². The summed E-state index contributed by atoms with van der Waals surface area (Å²) in [6, 6.07) is 16.6. The van der Waals surface area contributed by atoms with Gasteiger partial charge in [0.2, 0.25) is 0 Å². The molecule has 0 saturated heterocycles. The highest BCUT2D eigenvalue weighted by Crippen LogP contribution is 2.43. The maximum absolute atomic E-state index is 11.7. The van der Waals surface area contributed by atoms with Gasteiger partial charge < -0.3 is 14.9 Å². The molecule has 0 saturated carbocycles. The Morgan fingerprint density at radius 3 is 2.43 bits per heavy atom. The van der Waals surface area contributed by atoms with Crippen molar-refractivity contribution in [2.45, 2.75) is 25.0 Å². The predicted octanol–water partition coefficient (Wildman–Crippen LogP) is 3.21. The second-order valence-electron chi connectivity index (χ2n) is 6.80. The fraction of sp³-hybridized carbons (Fsp3) is 0.400. The minimum absolute atomic E-state index is 0.729. The molecule has 3 heteroatoms. The van der Waals surface area contributed by atoms with Crippen LogP contribution in [-0.2, 0) is 12.1 Å². The molecule has 0 spiro atoms. The number of hydrogen-bond donors (Lipinski definition) is 1. The van der Waals surface area contributed by atoms with E-state index in [1.54, 1.807) is 0 Å². The van der Waals surface area contributed by atoms with Crippen molar-refractivity contribution in [2.75, 3.05) is 32.6 Å². The number of nitrogens with zero attached hydrogens (tertiary/aromatic N) is 2. The summed E-state index contributed by atoms with van der Waals surface area (Å²) in [7, 11) is 6.25. The zero-order chi connectivity index (χ0) is 16.4. The quantitative estimate of drug-likeness (QED) is 0.939. The Morgan fingerprint density at radius 2 is 1.70 bits per heavy atom. The molecule has 2 aromatic rings. The van der Waals surface area contributed by atoms with E-state index in [0.29, 0.717) is 0 Å². The molecule has 0 aliphatic carbocycles. The van der Waals surface area contributed by atoms with E-state index in [0.717, 1.165) is 42.7 Å². The van der Waals surface area contributed by atoms with Crippen molar-refractivity contribution >= 4 is 5.69 Å². The average Bonchev–Trinajstić information content (AvgIpc) is 2.63. The van der Waals surface area contributed by atoms with Gasteiger partial charge in [-0.2, -0.15) is 0 Å². The molecule has 1 aliphatic rings. The molecule has 2 aromatic carbocycles. The van der Waals surface area contributed by atoms with Crippen LogP contribution in [-0.4, -0.2) is 37.7 Å². The minimum atomic E-state index is -0.923. The van der Waals surface area contributed by atoms with Gasteiger partial charge in [-0.3, -0.25) is 0 Å². The van der Waals surface area contributed by atoms with Gasteiger partial charge in [-0.05, 0) is 50.7 Å². The van der Waals surface area contributed by atoms with E-state index in [1.165, 1.54) is 5.56 Å². The Hall–Kier alpha value is -1.84. The van der Waals surface area contributed by atoms with Crippen molar-refractivity contribution in [3.63, 3.8) is 0 Å².